The first-order chi connectivity index (χ1) is 31.3. The molecule has 0 radical (unpaired) electrons. The maximum absolute atomic E-state index is 2.67. The fraction of sp³-hybridized carbons (Fsp3) is 0.100. The molecule has 11 aromatic carbocycles. The largest absolute Gasteiger partial charge is 0.311 e. The molecule has 2 heterocycles. The Morgan fingerprint density at radius 3 is 1.25 bits per heavy atom. The molecular formula is C60H41BN2. The molecule has 0 fully saturated rings. The lowest BCUT2D eigenvalue weighted by Gasteiger charge is -2.45. The minimum atomic E-state index is 0.114. The number of fused-ring (bicyclic) bond motifs is 18. The highest BCUT2D eigenvalue weighted by atomic mass is 15.2. The Morgan fingerprint density at radius 2 is 0.698 bits per heavy atom. The lowest BCUT2D eigenvalue weighted by atomic mass is 9.33. The normalized spacial score (nSPS) is 14.8. The van der Waals surface area contributed by atoms with Crippen LogP contribution in [0.1, 0.15) is 35.1 Å². The van der Waals surface area contributed by atoms with Crippen LogP contribution in [0.4, 0.5) is 34.1 Å². The first kappa shape index (κ1) is 34.3. The summed E-state index contributed by atoms with van der Waals surface area (Å²) in [7, 11) is 0. The molecular weight excluding hydrogens is 759 g/mol. The molecule has 0 saturated heterocycles. The predicted molar refractivity (Wildman–Crippen MR) is 270 cm³/mol. The molecule has 0 saturated carbocycles. The predicted octanol–water partition coefficient (Wildman–Crippen LogP) is 13.7. The fourth-order valence-corrected chi connectivity index (χ4v) is 12.8. The second kappa shape index (κ2) is 12.6. The van der Waals surface area contributed by atoms with Gasteiger partial charge in [0.25, 0.3) is 6.71 Å². The Labute approximate surface area is 366 Å². The third kappa shape index (κ3) is 4.59. The van der Waals surface area contributed by atoms with Crippen molar-refractivity contribution in [1.29, 1.82) is 0 Å². The zero-order valence-corrected chi connectivity index (χ0v) is 35.0. The van der Waals surface area contributed by atoms with Crippen molar-refractivity contribution in [2.24, 2.45) is 0 Å². The van der Waals surface area contributed by atoms with E-state index in [9.17, 15) is 0 Å². The van der Waals surface area contributed by atoms with Crippen LogP contribution in [-0.2, 0) is 25.7 Å². The molecule has 4 aliphatic rings. The van der Waals surface area contributed by atoms with Crippen LogP contribution in [0.3, 0.4) is 0 Å². The Bertz CT molecular complexity index is 3760. The van der Waals surface area contributed by atoms with Gasteiger partial charge in [0, 0.05) is 33.8 Å². The highest BCUT2D eigenvalue weighted by Gasteiger charge is 2.44. The third-order valence-electron chi connectivity index (χ3n) is 15.4. The average molecular weight is 801 g/mol. The van der Waals surface area contributed by atoms with E-state index < -0.39 is 0 Å². The summed E-state index contributed by atoms with van der Waals surface area (Å²) in [6, 6.07) is 67.9. The number of nitrogens with zero attached hydrogens (tertiary/aromatic N) is 2. The summed E-state index contributed by atoms with van der Waals surface area (Å²) in [5.41, 5.74) is 18.0. The quantitative estimate of drug-likeness (QED) is 0.127. The molecule has 0 amide bonds. The van der Waals surface area contributed by atoms with E-state index in [0.29, 0.717) is 0 Å². The number of aryl methyl sites for hydroxylation is 4. The molecule has 0 unspecified atom stereocenters. The van der Waals surface area contributed by atoms with Gasteiger partial charge >= 0.3 is 0 Å². The van der Waals surface area contributed by atoms with Crippen molar-refractivity contribution >= 4 is 122 Å². The molecule has 0 N–H and O–H groups in total. The van der Waals surface area contributed by atoms with Crippen LogP contribution in [-0.4, -0.2) is 6.71 Å². The van der Waals surface area contributed by atoms with Crippen LogP contribution < -0.4 is 26.2 Å². The van der Waals surface area contributed by atoms with E-state index in [0.717, 1.165) is 25.7 Å². The lowest BCUT2D eigenvalue weighted by molar-refractivity contribution is 0.912. The van der Waals surface area contributed by atoms with E-state index in [4.69, 9.17) is 0 Å². The third-order valence-corrected chi connectivity index (χ3v) is 15.4. The molecule has 2 aliphatic carbocycles. The zero-order chi connectivity index (χ0) is 40.9. The number of hydrogen-bond donors (Lipinski definition) is 0. The highest BCUT2D eigenvalue weighted by molar-refractivity contribution is 7.00. The topological polar surface area (TPSA) is 6.48 Å². The SMILES string of the molecule is c1cc2c3c(c1)N(c1cccc4c5ccccc5c5ccccc5c14)c1cc4c(cc1B3c1cc3c(cc1N2c1ccc2c5ccccc5c5ccccc5c2c1)CCC3)CCC4. The summed E-state index contributed by atoms with van der Waals surface area (Å²) in [6.07, 6.45) is 7.02. The first-order valence-corrected chi connectivity index (χ1v) is 23.0. The molecule has 2 aliphatic heterocycles. The van der Waals surface area contributed by atoms with Crippen molar-refractivity contribution in [2.45, 2.75) is 38.5 Å². The van der Waals surface area contributed by atoms with Gasteiger partial charge in [0.15, 0.2) is 0 Å². The summed E-state index contributed by atoms with van der Waals surface area (Å²) in [6.45, 7) is 0.114. The molecule has 294 valence electrons. The van der Waals surface area contributed by atoms with Crippen molar-refractivity contribution in [3.05, 3.63) is 198 Å². The summed E-state index contributed by atoms with van der Waals surface area (Å²) in [4.78, 5) is 5.30. The molecule has 15 rings (SSSR count). The van der Waals surface area contributed by atoms with Gasteiger partial charge in [-0.15, -0.1) is 0 Å². The molecule has 0 atom stereocenters. The Hall–Kier alpha value is -7.36. The summed E-state index contributed by atoms with van der Waals surface area (Å²) < 4.78 is 0. The maximum Gasteiger partial charge on any atom is 0.252 e. The molecule has 2 nitrogen and oxygen atoms in total. The van der Waals surface area contributed by atoms with E-state index >= 15 is 0 Å². The van der Waals surface area contributed by atoms with Crippen LogP contribution in [0.25, 0.3) is 64.6 Å². The first-order valence-electron chi connectivity index (χ1n) is 23.0. The van der Waals surface area contributed by atoms with Crippen LogP contribution in [0, 0.1) is 0 Å². The molecule has 0 aromatic heterocycles. The van der Waals surface area contributed by atoms with E-state index in [2.05, 4.69) is 186 Å². The van der Waals surface area contributed by atoms with E-state index in [1.807, 2.05) is 0 Å². The van der Waals surface area contributed by atoms with Crippen LogP contribution in [0.15, 0.2) is 176 Å². The Morgan fingerprint density at radius 1 is 0.302 bits per heavy atom. The van der Waals surface area contributed by atoms with Gasteiger partial charge in [-0.2, -0.15) is 0 Å². The lowest BCUT2D eigenvalue weighted by Crippen LogP contribution is -2.61. The molecule has 0 spiro atoms. The summed E-state index contributed by atoms with van der Waals surface area (Å²) >= 11 is 0. The number of anilines is 6. The Balaban J connectivity index is 1.05. The van der Waals surface area contributed by atoms with Gasteiger partial charge in [0.05, 0.1) is 5.69 Å². The van der Waals surface area contributed by atoms with Gasteiger partial charge in [0.2, 0.25) is 0 Å². The van der Waals surface area contributed by atoms with Crippen LogP contribution >= 0.6 is 0 Å². The minimum absolute atomic E-state index is 0.114. The smallest absolute Gasteiger partial charge is 0.252 e. The second-order valence-corrected chi connectivity index (χ2v) is 18.5. The molecule has 3 heteroatoms. The maximum atomic E-state index is 2.67. The van der Waals surface area contributed by atoms with Crippen LogP contribution in [0.2, 0.25) is 0 Å². The van der Waals surface area contributed by atoms with Gasteiger partial charge in [-0.25, -0.2) is 0 Å². The summed E-state index contributed by atoms with van der Waals surface area (Å²) in [5.74, 6) is 0. The van der Waals surface area contributed by atoms with Gasteiger partial charge < -0.3 is 9.80 Å². The average Bonchev–Trinajstić information content (AvgIpc) is 4.02. The van der Waals surface area contributed by atoms with Gasteiger partial charge in [-0.1, -0.05) is 133 Å². The molecule has 11 aromatic rings. The molecule has 63 heavy (non-hydrogen) atoms. The van der Waals surface area contributed by atoms with Crippen molar-refractivity contribution in [1.82, 2.24) is 0 Å². The van der Waals surface area contributed by atoms with Crippen molar-refractivity contribution < 1.29 is 0 Å². The van der Waals surface area contributed by atoms with E-state index in [1.165, 1.54) is 150 Å². The van der Waals surface area contributed by atoms with Crippen molar-refractivity contribution in [3.8, 4) is 0 Å². The van der Waals surface area contributed by atoms with Crippen molar-refractivity contribution in [3.63, 3.8) is 0 Å². The van der Waals surface area contributed by atoms with Gasteiger partial charge in [0.1, 0.15) is 0 Å². The van der Waals surface area contributed by atoms with Gasteiger partial charge in [-0.3, -0.25) is 0 Å². The number of rotatable bonds is 2. The standard InChI is InChI=1S/C60H41BN2/c1-2-19-43-41(17-1)42-18-4-6-23-47(42)51-35-40(29-30-48(43)51)62-55-27-12-28-56-60(55)61(52-31-36-13-9-15-38(36)33-57(52)62)53-32-37-14-10-16-39(37)34-58(53)63(56)54-26-11-25-50-46-21-5-3-20-44(46)45-22-7-8-24-49(45)59(50)54/h1-8,11-12,17-35H,9-10,13-16H2. The fourth-order valence-electron chi connectivity index (χ4n) is 12.8. The minimum Gasteiger partial charge on any atom is -0.311 e. The zero-order valence-electron chi connectivity index (χ0n) is 35.0. The van der Waals surface area contributed by atoms with Crippen molar-refractivity contribution in [2.75, 3.05) is 9.80 Å². The number of benzene rings is 11. The van der Waals surface area contributed by atoms with E-state index in [-0.39, 0.29) is 6.71 Å². The monoisotopic (exact) mass is 800 g/mol. The molecule has 0 bridgehead atoms. The Kier molecular flexibility index (Phi) is 6.86. The van der Waals surface area contributed by atoms with E-state index in [1.54, 1.807) is 0 Å². The highest BCUT2D eigenvalue weighted by Crippen LogP contribution is 2.50. The van der Waals surface area contributed by atoms with Gasteiger partial charge in [-0.05, 0) is 179 Å². The number of hydrogen-bond acceptors (Lipinski definition) is 2. The van der Waals surface area contributed by atoms with Crippen LogP contribution in [0.5, 0.6) is 0 Å². The summed E-state index contributed by atoms with van der Waals surface area (Å²) in [5, 5.41) is 15.7. The second-order valence-electron chi connectivity index (χ2n) is 18.5.